The Kier molecular flexibility index (Phi) is 4.34. The first-order valence-electron chi connectivity index (χ1n) is 4.79. The second kappa shape index (κ2) is 5.80. The fraction of sp³-hybridized carbons (Fsp3) is 0.273. The monoisotopic (exact) mass is 207 g/mol. The molecule has 1 aromatic carbocycles. The minimum absolute atomic E-state index is 0.252. The molecule has 0 bridgehead atoms. The molecule has 1 rings (SSSR count). The Balaban J connectivity index is 2.40. The van der Waals surface area contributed by atoms with Crippen LogP contribution in [-0.2, 0) is 9.53 Å². The zero-order valence-electron chi connectivity index (χ0n) is 8.53. The summed E-state index contributed by atoms with van der Waals surface area (Å²) in [5.41, 5.74) is 0.604. The molecule has 0 spiro atoms. The van der Waals surface area contributed by atoms with Crippen LogP contribution < -0.4 is 5.32 Å². The van der Waals surface area contributed by atoms with Crippen molar-refractivity contribution in [1.29, 1.82) is 0 Å². The second-order valence-electron chi connectivity index (χ2n) is 3.00. The molecule has 4 heteroatoms. The van der Waals surface area contributed by atoms with Gasteiger partial charge in [-0.2, -0.15) is 0 Å². The van der Waals surface area contributed by atoms with E-state index in [9.17, 15) is 9.59 Å². The predicted molar refractivity (Wildman–Crippen MR) is 56.5 cm³/mol. The van der Waals surface area contributed by atoms with Crippen molar-refractivity contribution in [2.45, 2.75) is 19.8 Å². The highest BCUT2D eigenvalue weighted by Crippen LogP contribution is 2.05. The number of hydrogen-bond donors (Lipinski definition) is 1. The van der Waals surface area contributed by atoms with Gasteiger partial charge in [0.05, 0.1) is 0 Å². The van der Waals surface area contributed by atoms with E-state index in [1.165, 1.54) is 0 Å². The molecule has 0 aliphatic carbocycles. The maximum Gasteiger partial charge on any atom is 0.419 e. The van der Waals surface area contributed by atoms with Gasteiger partial charge in [0.15, 0.2) is 0 Å². The fourth-order valence-electron chi connectivity index (χ4n) is 1.02. The molecule has 0 aromatic heterocycles. The first-order valence-corrected chi connectivity index (χ1v) is 4.79. The summed E-state index contributed by atoms with van der Waals surface area (Å²) in [5.74, 6) is -0.508. The lowest BCUT2D eigenvalue weighted by Gasteiger charge is -2.04. The third kappa shape index (κ3) is 4.26. The Morgan fingerprint density at radius 1 is 1.27 bits per heavy atom. The SMILES string of the molecule is CCCC(=O)OC(=O)Nc1ccccc1. The molecular weight excluding hydrogens is 194 g/mol. The molecule has 0 saturated carbocycles. The van der Waals surface area contributed by atoms with Crippen LogP contribution in [0.4, 0.5) is 10.5 Å². The Bertz CT molecular complexity index is 335. The van der Waals surface area contributed by atoms with E-state index in [4.69, 9.17) is 0 Å². The Morgan fingerprint density at radius 2 is 1.93 bits per heavy atom. The van der Waals surface area contributed by atoms with Gasteiger partial charge in [0, 0.05) is 12.1 Å². The van der Waals surface area contributed by atoms with Gasteiger partial charge in [-0.3, -0.25) is 10.1 Å². The van der Waals surface area contributed by atoms with Crippen LogP contribution in [0.5, 0.6) is 0 Å². The summed E-state index contributed by atoms with van der Waals surface area (Å²) < 4.78 is 4.51. The Labute approximate surface area is 88.2 Å². The van der Waals surface area contributed by atoms with E-state index < -0.39 is 12.1 Å². The highest BCUT2D eigenvalue weighted by molar-refractivity contribution is 5.92. The number of nitrogens with one attached hydrogen (secondary N) is 1. The van der Waals surface area contributed by atoms with Crippen LogP contribution in [-0.4, -0.2) is 12.1 Å². The van der Waals surface area contributed by atoms with E-state index >= 15 is 0 Å². The number of amides is 1. The zero-order chi connectivity index (χ0) is 11.1. The van der Waals surface area contributed by atoms with Gasteiger partial charge in [-0.1, -0.05) is 25.1 Å². The van der Waals surface area contributed by atoms with E-state index in [2.05, 4.69) is 10.1 Å². The number of esters is 1. The molecule has 80 valence electrons. The minimum atomic E-state index is -0.736. The molecule has 0 atom stereocenters. The maximum absolute atomic E-state index is 11.1. The summed E-state index contributed by atoms with van der Waals surface area (Å²) in [6, 6.07) is 8.82. The number of rotatable bonds is 3. The molecule has 0 saturated heterocycles. The standard InChI is InChI=1S/C11H13NO3/c1-2-6-10(13)15-11(14)12-9-7-4-3-5-8-9/h3-5,7-8H,2,6H2,1H3,(H,12,14). The first-order chi connectivity index (χ1) is 7.22. The smallest absolute Gasteiger partial charge is 0.376 e. The van der Waals surface area contributed by atoms with Crippen LogP contribution in [0, 0.1) is 0 Å². The van der Waals surface area contributed by atoms with Crippen LogP contribution in [0.3, 0.4) is 0 Å². The van der Waals surface area contributed by atoms with Crippen molar-refractivity contribution in [3.8, 4) is 0 Å². The van der Waals surface area contributed by atoms with Crippen LogP contribution in [0.15, 0.2) is 30.3 Å². The summed E-state index contributed by atoms with van der Waals surface area (Å²) in [6.07, 6.45) is 0.180. The average Bonchev–Trinajstić information content (AvgIpc) is 2.19. The third-order valence-electron chi connectivity index (χ3n) is 1.68. The minimum Gasteiger partial charge on any atom is -0.376 e. The summed E-state index contributed by atoms with van der Waals surface area (Å²) in [6.45, 7) is 1.84. The van der Waals surface area contributed by atoms with E-state index in [1.54, 1.807) is 24.3 Å². The molecule has 0 unspecified atom stereocenters. The van der Waals surface area contributed by atoms with Crippen molar-refractivity contribution in [2.24, 2.45) is 0 Å². The summed E-state index contributed by atoms with van der Waals surface area (Å²) >= 11 is 0. The number of carbonyl (C=O) groups is 2. The van der Waals surface area contributed by atoms with Crippen LogP contribution in [0.25, 0.3) is 0 Å². The molecule has 0 aliphatic heterocycles. The van der Waals surface area contributed by atoms with E-state index in [0.717, 1.165) is 0 Å². The number of benzene rings is 1. The lowest BCUT2D eigenvalue weighted by Crippen LogP contribution is -2.18. The summed E-state index contributed by atoms with van der Waals surface area (Å²) in [4.78, 5) is 22.1. The number of ether oxygens (including phenoxy) is 1. The highest BCUT2D eigenvalue weighted by Gasteiger charge is 2.08. The van der Waals surface area contributed by atoms with Gasteiger partial charge in [-0.15, -0.1) is 0 Å². The molecule has 0 radical (unpaired) electrons. The third-order valence-corrected chi connectivity index (χ3v) is 1.68. The number of anilines is 1. The Morgan fingerprint density at radius 3 is 2.53 bits per heavy atom. The zero-order valence-corrected chi connectivity index (χ0v) is 8.53. The maximum atomic E-state index is 11.1. The quantitative estimate of drug-likeness (QED) is 0.612. The van der Waals surface area contributed by atoms with Crippen LogP contribution in [0.2, 0.25) is 0 Å². The van der Waals surface area contributed by atoms with Crippen molar-refractivity contribution < 1.29 is 14.3 Å². The molecule has 0 fully saturated rings. The second-order valence-corrected chi connectivity index (χ2v) is 3.00. The number of carbonyl (C=O) groups excluding carboxylic acids is 2. The largest absolute Gasteiger partial charge is 0.419 e. The molecular formula is C11H13NO3. The Hall–Kier alpha value is -1.84. The van der Waals surface area contributed by atoms with Gasteiger partial charge in [0.2, 0.25) is 0 Å². The van der Waals surface area contributed by atoms with E-state index in [1.807, 2.05) is 13.0 Å². The fourth-order valence-corrected chi connectivity index (χ4v) is 1.02. The normalized spacial score (nSPS) is 9.40. The van der Waals surface area contributed by atoms with Gasteiger partial charge in [0.1, 0.15) is 0 Å². The van der Waals surface area contributed by atoms with Crippen molar-refractivity contribution in [3.63, 3.8) is 0 Å². The lowest BCUT2D eigenvalue weighted by molar-refractivity contribution is -0.136. The van der Waals surface area contributed by atoms with Crippen LogP contribution >= 0.6 is 0 Å². The molecule has 4 nitrogen and oxygen atoms in total. The number of hydrogen-bond acceptors (Lipinski definition) is 3. The summed E-state index contributed by atoms with van der Waals surface area (Å²) in [7, 11) is 0. The first kappa shape index (κ1) is 11.2. The number of para-hydroxylation sites is 1. The van der Waals surface area contributed by atoms with Crippen molar-refractivity contribution in [3.05, 3.63) is 30.3 Å². The van der Waals surface area contributed by atoms with Crippen molar-refractivity contribution in [1.82, 2.24) is 0 Å². The van der Waals surface area contributed by atoms with Gasteiger partial charge < -0.3 is 4.74 Å². The highest BCUT2D eigenvalue weighted by atomic mass is 16.6. The molecule has 1 N–H and O–H groups in total. The van der Waals surface area contributed by atoms with Gasteiger partial charge in [0.25, 0.3) is 0 Å². The van der Waals surface area contributed by atoms with Crippen molar-refractivity contribution in [2.75, 3.05) is 5.32 Å². The van der Waals surface area contributed by atoms with Crippen LogP contribution in [0.1, 0.15) is 19.8 Å². The molecule has 0 aliphatic rings. The summed E-state index contributed by atoms with van der Waals surface area (Å²) in [5, 5.41) is 2.45. The topological polar surface area (TPSA) is 55.4 Å². The molecule has 15 heavy (non-hydrogen) atoms. The van der Waals surface area contributed by atoms with E-state index in [-0.39, 0.29) is 6.42 Å². The predicted octanol–water partition coefficient (Wildman–Crippen LogP) is 2.56. The van der Waals surface area contributed by atoms with E-state index in [0.29, 0.717) is 12.1 Å². The van der Waals surface area contributed by atoms with Gasteiger partial charge >= 0.3 is 12.1 Å². The molecule has 1 amide bonds. The van der Waals surface area contributed by atoms with Gasteiger partial charge in [-0.05, 0) is 18.6 Å². The molecule has 0 heterocycles. The van der Waals surface area contributed by atoms with Crippen molar-refractivity contribution >= 4 is 17.7 Å². The molecule has 1 aromatic rings. The lowest BCUT2D eigenvalue weighted by atomic mass is 10.3. The van der Waals surface area contributed by atoms with Gasteiger partial charge in [-0.25, -0.2) is 4.79 Å². The average molecular weight is 207 g/mol.